The summed E-state index contributed by atoms with van der Waals surface area (Å²) in [6.07, 6.45) is 6.23. The molecule has 0 aromatic heterocycles. The molecule has 1 amide bonds. The third-order valence-electron chi connectivity index (χ3n) is 5.32. The summed E-state index contributed by atoms with van der Waals surface area (Å²) >= 11 is 0. The van der Waals surface area contributed by atoms with Gasteiger partial charge in [-0.15, -0.1) is 0 Å². The van der Waals surface area contributed by atoms with Gasteiger partial charge in [0.1, 0.15) is 5.82 Å². The minimum absolute atomic E-state index is 0.0158. The lowest BCUT2D eigenvalue weighted by Gasteiger charge is -2.22. The highest BCUT2D eigenvalue weighted by molar-refractivity contribution is 7.89. The Morgan fingerprint density at radius 2 is 1.62 bits per heavy atom. The predicted molar refractivity (Wildman–Crippen MR) is 112 cm³/mol. The normalized spacial score (nSPS) is 15.2. The first-order valence-electron chi connectivity index (χ1n) is 10.0. The third-order valence-corrected chi connectivity index (χ3v) is 6.64. The topological polar surface area (TPSA) is 75.3 Å². The lowest BCUT2D eigenvalue weighted by Crippen LogP contribution is -2.34. The number of benzene rings is 2. The van der Waals surface area contributed by atoms with Gasteiger partial charge in [0.2, 0.25) is 10.0 Å². The minimum Gasteiger partial charge on any atom is -0.351 e. The molecule has 0 heterocycles. The van der Waals surface area contributed by atoms with Crippen molar-refractivity contribution in [2.75, 3.05) is 12.3 Å². The fraction of sp³-hybridized carbons (Fsp3) is 0.409. The van der Waals surface area contributed by atoms with Gasteiger partial charge in [0.15, 0.2) is 0 Å². The molecule has 1 saturated carbocycles. The second-order valence-electron chi connectivity index (χ2n) is 7.48. The standard InChI is InChI=1S/C22H27FN2O3S/c23-21-12-6-17(7-13-21)16-25-29(27,28)15-14-24-22(26)20-10-8-19(9-11-20)18-4-2-1-3-5-18/h6-13,18,25H,1-5,14-16H2,(H,24,26). The molecule has 3 rings (SSSR count). The lowest BCUT2D eigenvalue weighted by molar-refractivity contribution is 0.0956. The van der Waals surface area contributed by atoms with Crippen molar-refractivity contribution in [3.05, 3.63) is 71.0 Å². The van der Waals surface area contributed by atoms with Gasteiger partial charge >= 0.3 is 0 Å². The van der Waals surface area contributed by atoms with E-state index in [2.05, 4.69) is 10.0 Å². The van der Waals surface area contributed by atoms with Crippen molar-refractivity contribution < 1.29 is 17.6 Å². The van der Waals surface area contributed by atoms with Crippen LogP contribution >= 0.6 is 0 Å². The van der Waals surface area contributed by atoms with Crippen LogP contribution in [-0.4, -0.2) is 26.6 Å². The number of carbonyl (C=O) groups is 1. The predicted octanol–water partition coefficient (Wildman–Crippen LogP) is 3.72. The fourth-order valence-electron chi connectivity index (χ4n) is 3.61. The van der Waals surface area contributed by atoms with Crippen LogP contribution in [-0.2, 0) is 16.6 Å². The van der Waals surface area contributed by atoms with Crippen LogP contribution in [0.1, 0.15) is 59.5 Å². The molecular weight excluding hydrogens is 391 g/mol. The van der Waals surface area contributed by atoms with E-state index in [0.29, 0.717) is 17.0 Å². The van der Waals surface area contributed by atoms with Gasteiger partial charge in [-0.25, -0.2) is 17.5 Å². The highest BCUT2D eigenvalue weighted by atomic mass is 32.2. The first-order chi connectivity index (χ1) is 13.9. The number of amides is 1. The zero-order valence-corrected chi connectivity index (χ0v) is 17.2. The van der Waals surface area contributed by atoms with Crippen LogP contribution < -0.4 is 10.0 Å². The molecule has 5 nitrogen and oxygen atoms in total. The van der Waals surface area contributed by atoms with Crippen LogP contribution in [0.25, 0.3) is 0 Å². The van der Waals surface area contributed by atoms with Gasteiger partial charge in [-0.3, -0.25) is 4.79 Å². The van der Waals surface area contributed by atoms with Crippen LogP contribution in [0.15, 0.2) is 48.5 Å². The summed E-state index contributed by atoms with van der Waals surface area (Å²) in [4.78, 5) is 12.3. The Labute approximate surface area is 171 Å². The molecule has 2 N–H and O–H groups in total. The van der Waals surface area contributed by atoms with E-state index in [0.717, 1.165) is 0 Å². The van der Waals surface area contributed by atoms with Crippen molar-refractivity contribution in [1.82, 2.24) is 10.0 Å². The number of rotatable bonds is 8. The summed E-state index contributed by atoms with van der Waals surface area (Å²) in [5.74, 6) is -0.293. The van der Waals surface area contributed by atoms with Crippen LogP contribution in [0.2, 0.25) is 0 Å². The van der Waals surface area contributed by atoms with Gasteiger partial charge in [-0.05, 0) is 54.2 Å². The Morgan fingerprint density at radius 1 is 0.966 bits per heavy atom. The molecule has 2 aromatic carbocycles. The molecular formula is C22H27FN2O3S. The SMILES string of the molecule is O=C(NCCS(=O)(=O)NCc1ccc(F)cc1)c1ccc(C2CCCCC2)cc1. The van der Waals surface area contributed by atoms with Gasteiger partial charge in [0, 0.05) is 18.7 Å². The molecule has 1 aliphatic rings. The van der Waals surface area contributed by atoms with E-state index in [9.17, 15) is 17.6 Å². The van der Waals surface area contributed by atoms with E-state index in [1.807, 2.05) is 12.1 Å². The van der Waals surface area contributed by atoms with E-state index in [4.69, 9.17) is 0 Å². The Kier molecular flexibility index (Phi) is 7.39. The molecule has 0 bridgehead atoms. The molecule has 1 fully saturated rings. The van der Waals surface area contributed by atoms with Crippen LogP contribution in [0.5, 0.6) is 0 Å². The first kappa shape index (κ1) is 21.5. The maximum atomic E-state index is 12.9. The molecule has 156 valence electrons. The molecule has 0 saturated heterocycles. The van der Waals surface area contributed by atoms with E-state index in [1.165, 1.54) is 61.9 Å². The monoisotopic (exact) mass is 418 g/mol. The zero-order valence-electron chi connectivity index (χ0n) is 16.4. The van der Waals surface area contributed by atoms with E-state index in [1.54, 1.807) is 12.1 Å². The van der Waals surface area contributed by atoms with Gasteiger partial charge in [0.05, 0.1) is 5.75 Å². The summed E-state index contributed by atoms with van der Waals surface area (Å²) in [7, 11) is -3.55. The van der Waals surface area contributed by atoms with Gasteiger partial charge in [0.25, 0.3) is 5.91 Å². The van der Waals surface area contributed by atoms with Gasteiger partial charge in [-0.1, -0.05) is 43.5 Å². The molecule has 0 radical (unpaired) electrons. The summed E-state index contributed by atoms with van der Waals surface area (Å²) in [5, 5.41) is 2.65. The Bertz CT molecular complexity index is 906. The highest BCUT2D eigenvalue weighted by Gasteiger charge is 2.16. The summed E-state index contributed by atoms with van der Waals surface area (Å²) in [6.45, 7) is 0.0984. The molecule has 0 aliphatic heterocycles. The molecule has 1 aliphatic carbocycles. The van der Waals surface area contributed by atoms with Crippen molar-refractivity contribution in [2.24, 2.45) is 0 Å². The van der Waals surface area contributed by atoms with Crippen LogP contribution in [0.3, 0.4) is 0 Å². The average molecular weight is 419 g/mol. The number of sulfonamides is 1. The van der Waals surface area contributed by atoms with Gasteiger partial charge < -0.3 is 5.32 Å². The van der Waals surface area contributed by atoms with Crippen LogP contribution in [0.4, 0.5) is 4.39 Å². The van der Waals surface area contributed by atoms with Crippen molar-refractivity contribution >= 4 is 15.9 Å². The quantitative estimate of drug-likeness (QED) is 0.686. The van der Waals surface area contributed by atoms with E-state index < -0.39 is 10.0 Å². The van der Waals surface area contributed by atoms with E-state index >= 15 is 0 Å². The summed E-state index contributed by atoms with van der Waals surface area (Å²) < 4.78 is 39.5. The summed E-state index contributed by atoms with van der Waals surface area (Å²) in [6, 6.07) is 13.2. The molecule has 29 heavy (non-hydrogen) atoms. The fourth-order valence-corrected chi connectivity index (χ4v) is 4.51. The zero-order chi connectivity index (χ0) is 20.7. The smallest absolute Gasteiger partial charge is 0.251 e. The maximum absolute atomic E-state index is 12.9. The number of hydrogen-bond acceptors (Lipinski definition) is 3. The van der Waals surface area contributed by atoms with E-state index in [-0.39, 0.29) is 30.6 Å². The average Bonchev–Trinajstić information content (AvgIpc) is 2.74. The Hall–Kier alpha value is -2.25. The van der Waals surface area contributed by atoms with Crippen molar-refractivity contribution in [3.8, 4) is 0 Å². The largest absolute Gasteiger partial charge is 0.351 e. The second-order valence-corrected chi connectivity index (χ2v) is 9.41. The second kappa shape index (κ2) is 9.98. The molecule has 7 heteroatoms. The molecule has 2 aromatic rings. The lowest BCUT2D eigenvalue weighted by atomic mass is 9.84. The molecule has 0 unspecified atom stereocenters. The number of nitrogens with one attached hydrogen (secondary N) is 2. The van der Waals surface area contributed by atoms with Crippen molar-refractivity contribution in [3.63, 3.8) is 0 Å². The molecule has 0 spiro atoms. The maximum Gasteiger partial charge on any atom is 0.251 e. The van der Waals surface area contributed by atoms with Gasteiger partial charge in [-0.2, -0.15) is 0 Å². The first-order valence-corrected chi connectivity index (χ1v) is 11.7. The Morgan fingerprint density at radius 3 is 2.28 bits per heavy atom. The van der Waals surface area contributed by atoms with Crippen molar-refractivity contribution in [1.29, 1.82) is 0 Å². The van der Waals surface area contributed by atoms with Crippen LogP contribution in [0, 0.1) is 5.82 Å². The van der Waals surface area contributed by atoms with Crippen molar-refractivity contribution in [2.45, 2.75) is 44.6 Å². The number of halogens is 1. The third kappa shape index (κ3) is 6.65. The number of carbonyl (C=O) groups excluding carboxylic acids is 1. The highest BCUT2D eigenvalue weighted by Crippen LogP contribution is 2.32. The minimum atomic E-state index is -3.55. The number of hydrogen-bond donors (Lipinski definition) is 2. The Balaban J connectivity index is 1.44. The summed E-state index contributed by atoms with van der Waals surface area (Å²) in [5.41, 5.74) is 2.46. The molecule has 0 atom stereocenters.